The number of ether oxygens (including phenoxy) is 1. The van der Waals surface area contributed by atoms with Crippen LogP contribution < -0.4 is 5.32 Å². The summed E-state index contributed by atoms with van der Waals surface area (Å²) in [5.74, 6) is -1.28. The highest BCUT2D eigenvalue weighted by Crippen LogP contribution is 2.20. The molecule has 0 aromatic heterocycles. The zero-order valence-electron chi connectivity index (χ0n) is 11.3. The molecule has 5 nitrogen and oxygen atoms in total. The van der Waals surface area contributed by atoms with Gasteiger partial charge in [-0.05, 0) is 25.7 Å². The standard InChI is InChI=1S/C13H23NO4/c1-8(2)6-10(13(16)17)7-14-12(15)11-4-5-18-9(11)3/h8-11H,4-7H2,1-3H3,(H,14,15)(H,16,17). The number of carbonyl (C=O) groups excluding carboxylic acids is 1. The van der Waals surface area contributed by atoms with Crippen LogP contribution in [0.1, 0.15) is 33.6 Å². The van der Waals surface area contributed by atoms with Crippen LogP contribution in [-0.4, -0.2) is 36.2 Å². The first-order chi connectivity index (χ1) is 8.41. The van der Waals surface area contributed by atoms with Crippen LogP contribution in [0.25, 0.3) is 0 Å². The van der Waals surface area contributed by atoms with Crippen LogP contribution in [0, 0.1) is 17.8 Å². The minimum atomic E-state index is -0.847. The highest BCUT2D eigenvalue weighted by atomic mass is 16.5. The molecule has 0 aromatic carbocycles. The molecule has 1 saturated heterocycles. The van der Waals surface area contributed by atoms with Crippen LogP contribution in [0.4, 0.5) is 0 Å². The van der Waals surface area contributed by atoms with Crippen molar-refractivity contribution in [1.29, 1.82) is 0 Å². The Balaban J connectivity index is 2.41. The van der Waals surface area contributed by atoms with Crippen molar-refractivity contribution in [2.75, 3.05) is 13.2 Å². The van der Waals surface area contributed by atoms with E-state index >= 15 is 0 Å². The lowest BCUT2D eigenvalue weighted by atomic mass is 9.96. The van der Waals surface area contributed by atoms with Crippen molar-refractivity contribution in [2.24, 2.45) is 17.8 Å². The molecule has 3 unspecified atom stereocenters. The quantitative estimate of drug-likeness (QED) is 0.751. The summed E-state index contributed by atoms with van der Waals surface area (Å²) in [7, 11) is 0. The summed E-state index contributed by atoms with van der Waals surface area (Å²) in [4.78, 5) is 22.9. The molecular weight excluding hydrogens is 234 g/mol. The number of hydrogen-bond donors (Lipinski definition) is 2. The SMILES string of the molecule is CC(C)CC(CNC(=O)C1CCOC1C)C(=O)O. The van der Waals surface area contributed by atoms with E-state index in [2.05, 4.69) is 5.32 Å². The summed E-state index contributed by atoms with van der Waals surface area (Å²) in [6.07, 6.45) is 1.22. The number of carboxylic acids is 1. The molecule has 1 amide bonds. The van der Waals surface area contributed by atoms with Crippen molar-refractivity contribution in [3.8, 4) is 0 Å². The maximum atomic E-state index is 11.9. The Morgan fingerprint density at radius 1 is 1.44 bits per heavy atom. The van der Waals surface area contributed by atoms with Gasteiger partial charge in [-0.2, -0.15) is 0 Å². The monoisotopic (exact) mass is 257 g/mol. The summed E-state index contributed by atoms with van der Waals surface area (Å²) in [5.41, 5.74) is 0. The minimum absolute atomic E-state index is 0.0709. The second-order valence-corrected chi connectivity index (χ2v) is 5.38. The molecule has 1 rings (SSSR count). The molecule has 1 fully saturated rings. The van der Waals surface area contributed by atoms with E-state index in [1.165, 1.54) is 0 Å². The molecule has 0 aromatic rings. The van der Waals surface area contributed by atoms with Gasteiger partial charge in [0.2, 0.25) is 5.91 Å². The third-order valence-corrected chi connectivity index (χ3v) is 3.34. The van der Waals surface area contributed by atoms with Gasteiger partial charge in [-0.25, -0.2) is 0 Å². The van der Waals surface area contributed by atoms with Crippen molar-refractivity contribution in [1.82, 2.24) is 5.32 Å². The average molecular weight is 257 g/mol. The van der Waals surface area contributed by atoms with Crippen molar-refractivity contribution >= 4 is 11.9 Å². The van der Waals surface area contributed by atoms with Gasteiger partial charge in [-0.3, -0.25) is 9.59 Å². The molecule has 0 aliphatic carbocycles. The maximum Gasteiger partial charge on any atom is 0.308 e. The molecule has 0 spiro atoms. The van der Waals surface area contributed by atoms with E-state index in [4.69, 9.17) is 9.84 Å². The summed E-state index contributed by atoms with van der Waals surface area (Å²) in [6, 6.07) is 0. The number of aliphatic carboxylic acids is 1. The number of amides is 1. The largest absolute Gasteiger partial charge is 0.481 e. The van der Waals surface area contributed by atoms with E-state index in [0.717, 1.165) is 6.42 Å². The molecule has 0 radical (unpaired) electrons. The predicted molar refractivity (Wildman–Crippen MR) is 67.1 cm³/mol. The second kappa shape index (κ2) is 6.73. The average Bonchev–Trinajstić information content (AvgIpc) is 2.69. The molecule has 0 saturated carbocycles. The van der Waals surface area contributed by atoms with Crippen molar-refractivity contribution in [3.05, 3.63) is 0 Å². The summed E-state index contributed by atoms with van der Waals surface area (Å²) in [5, 5.41) is 11.8. The van der Waals surface area contributed by atoms with Gasteiger partial charge >= 0.3 is 5.97 Å². The molecule has 2 N–H and O–H groups in total. The molecule has 1 aliphatic rings. The van der Waals surface area contributed by atoms with Crippen LogP contribution in [0.15, 0.2) is 0 Å². The fourth-order valence-corrected chi connectivity index (χ4v) is 2.27. The predicted octanol–water partition coefficient (Wildman–Crippen LogP) is 1.27. The molecule has 1 aliphatic heterocycles. The van der Waals surface area contributed by atoms with E-state index in [-0.39, 0.29) is 24.5 Å². The van der Waals surface area contributed by atoms with Gasteiger partial charge in [0, 0.05) is 13.2 Å². The molecule has 5 heteroatoms. The second-order valence-electron chi connectivity index (χ2n) is 5.38. The number of rotatable bonds is 6. The van der Waals surface area contributed by atoms with E-state index in [0.29, 0.717) is 18.9 Å². The third-order valence-electron chi connectivity index (χ3n) is 3.34. The van der Waals surface area contributed by atoms with Gasteiger partial charge in [-0.1, -0.05) is 13.8 Å². The fraction of sp³-hybridized carbons (Fsp3) is 0.846. The Labute approximate surface area is 108 Å². The van der Waals surface area contributed by atoms with Crippen molar-refractivity contribution in [3.63, 3.8) is 0 Å². The minimum Gasteiger partial charge on any atom is -0.481 e. The van der Waals surface area contributed by atoms with Crippen LogP contribution in [0.5, 0.6) is 0 Å². The van der Waals surface area contributed by atoms with Crippen molar-refractivity contribution in [2.45, 2.75) is 39.7 Å². The van der Waals surface area contributed by atoms with Gasteiger partial charge in [0.15, 0.2) is 0 Å². The zero-order chi connectivity index (χ0) is 13.7. The van der Waals surface area contributed by atoms with E-state index in [1.807, 2.05) is 20.8 Å². The Hall–Kier alpha value is -1.10. The molecule has 3 atom stereocenters. The van der Waals surface area contributed by atoms with Crippen LogP contribution in [-0.2, 0) is 14.3 Å². The lowest BCUT2D eigenvalue weighted by Crippen LogP contribution is -2.39. The van der Waals surface area contributed by atoms with Crippen LogP contribution in [0.2, 0.25) is 0 Å². The Kier molecular flexibility index (Phi) is 5.59. The van der Waals surface area contributed by atoms with Gasteiger partial charge < -0.3 is 15.2 Å². The number of carboxylic acid groups (broad SMARTS) is 1. The summed E-state index contributed by atoms with van der Waals surface area (Å²) >= 11 is 0. The van der Waals surface area contributed by atoms with E-state index in [9.17, 15) is 9.59 Å². The molecular formula is C13H23NO4. The molecule has 0 bridgehead atoms. The smallest absolute Gasteiger partial charge is 0.308 e. The Morgan fingerprint density at radius 3 is 2.56 bits per heavy atom. The van der Waals surface area contributed by atoms with Crippen molar-refractivity contribution < 1.29 is 19.4 Å². The number of nitrogens with one attached hydrogen (secondary N) is 1. The first kappa shape index (κ1) is 15.0. The van der Waals surface area contributed by atoms with Crippen LogP contribution in [0.3, 0.4) is 0 Å². The first-order valence-electron chi connectivity index (χ1n) is 6.54. The lowest BCUT2D eigenvalue weighted by molar-refractivity contribution is -0.142. The van der Waals surface area contributed by atoms with Gasteiger partial charge in [-0.15, -0.1) is 0 Å². The fourth-order valence-electron chi connectivity index (χ4n) is 2.27. The Morgan fingerprint density at radius 2 is 2.11 bits per heavy atom. The van der Waals surface area contributed by atoms with Gasteiger partial charge in [0.1, 0.15) is 0 Å². The number of hydrogen-bond acceptors (Lipinski definition) is 3. The summed E-state index contributed by atoms with van der Waals surface area (Å²) < 4.78 is 5.33. The summed E-state index contributed by atoms with van der Waals surface area (Å²) in [6.45, 7) is 6.64. The van der Waals surface area contributed by atoms with E-state index in [1.54, 1.807) is 0 Å². The van der Waals surface area contributed by atoms with Gasteiger partial charge in [0.25, 0.3) is 0 Å². The first-order valence-corrected chi connectivity index (χ1v) is 6.54. The third kappa shape index (κ3) is 4.29. The Bertz CT molecular complexity index is 303. The molecule has 1 heterocycles. The van der Waals surface area contributed by atoms with Gasteiger partial charge in [0.05, 0.1) is 17.9 Å². The molecule has 18 heavy (non-hydrogen) atoms. The van der Waals surface area contributed by atoms with Crippen LogP contribution >= 0.6 is 0 Å². The normalized spacial score (nSPS) is 25.1. The topological polar surface area (TPSA) is 75.6 Å². The molecule has 104 valence electrons. The lowest BCUT2D eigenvalue weighted by Gasteiger charge is -2.18. The zero-order valence-corrected chi connectivity index (χ0v) is 11.3. The number of carbonyl (C=O) groups is 2. The highest BCUT2D eigenvalue weighted by Gasteiger charge is 2.31. The van der Waals surface area contributed by atoms with E-state index < -0.39 is 11.9 Å². The highest BCUT2D eigenvalue weighted by molar-refractivity contribution is 5.80. The maximum absolute atomic E-state index is 11.9.